The largest absolute Gasteiger partial charge is 0.310 e. The van der Waals surface area contributed by atoms with E-state index in [1.807, 2.05) is 36.7 Å². The molecule has 0 radical (unpaired) electrons. The third-order valence-corrected chi connectivity index (χ3v) is 9.08. The van der Waals surface area contributed by atoms with Crippen molar-refractivity contribution in [1.82, 2.24) is 9.97 Å². The van der Waals surface area contributed by atoms with E-state index in [0.717, 1.165) is 39.6 Å². The van der Waals surface area contributed by atoms with Gasteiger partial charge in [0.1, 0.15) is 0 Å². The Kier molecular flexibility index (Phi) is 6.46. The van der Waals surface area contributed by atoms with Crippen molar-refractivity contribution in [2.75, 3.05) is 4.90 Å². The van der Waals surface area contributed by atoms with Crippen LogP contribution in [0.4, 0.5) is 17.1 Å². The highest BCUT2D eigenvalue weighted by Crippen LogP contribution is 2.49. The maximum atomic E-state index is 4.71. The van der Waals surface area contributed by atoms with E-state index in [-0.39, 0.29) is 0 Å². The Morgan fingerprint density at radius 1 is 0.340 bits per heavy atom. The Bertz CT molecular complexity index is 2310. The number of nitrogens with zero attached hydrogens (tertiary/aromatic N) is 3. The molecular formula is C44H29N3. The summed E-state index contributed by atoms with van der Waals surface area (Å²) in [7, 11) is 0. The van der Waals surface area contributed by atoms with Gasteiger partial charge < -0.3 is 4.90 Å². The van der Waals surface area contributed by atoms with E-state index in [0.29, 0.717) is 0 Å². The van der Waals surface area contributed by atoms with Gasteiger partial charge in [-0.1, -0.05) is 97.1 Å². The molecule has 0 amide bonds. The summed E-state index contributed by atoms with van der Waals surface area (Å²) in [4.78, 5) is 11.7. The number of para-hydroxylation sites is 1. The van der Waals surface area contributed by atoms with Crippen LogP contribution in [-0.2, 0) is 0 Å². The average Bonchev–Trinajstić information content (AvgIpc) is 3.48. The van der Waals surface area contributed by atoms with Crippen LogP contribution in [0.25, 0.3) is 66.7 Å². The quantitative estimate of drug-likeness (QED) is 0.190. The topological polar surface area (TPSA) is 29.0 Å². The van der Waals surface area contributed by atoms with Crippen LogP contribution in [0.2, 0.25) is 0 Å². The molecule has 1 aliphatic rings. The van der Waals surface area contributed by atoms with Crippen molar-refractivity contribution in [3.63, 3.8) is 0 Å². The molecule has 8 aromatic rings. The molecule has 2 aromatic heterocycles. The smallest absolute Gasteiger partial charge is 0.0702 e. The van der Waals surface area contributed by atoms with Gasteiger partial charge in [-0.25, -0.2) is 0 Å². The van der Waals surface area contributed by atoms with Crippen LogP contribution in [-0.4, -0.2) is 9.97 Å². The van der Waals surface area contributed by atoms with E-state index in [9.17, 15) is 0 Å². The fraction of sp³-hybridized carbons (Fsp3) is 0. The first-order valence-corrected chi connectivity index (χ1v) is 15.9. The molecule has 0 aliphatic heterocycles. The minimum absolute atomic E-state index is 0.919. The number of rotatable bonds is 6. The van der Waals surface area contributed by atoms with Crippen LogP contribution in [0, 0.1) is 0 Å². The second-order valence-corrected chi connectivity index (χ2v) is 11.9. The monoisotopic (exact) mass is 599 g/mol. The fourth-order valence-corrected chi connectivity index (χ4v) is 7.00. The molecule has 0 saturated carbocycles. The van der Waals surface area contributed by atoms with Crippen LogP contribution in [0.15, 0.2) is 176 Å². The summed E-state index contributed by atoms with van der Waals surface area (Å²) in [6.45, 7) is 0. The predicted octanol–water partition coefficient (Wildman–Crippen LogP) is 11.7. The molecule has 220 valence electrons. The summed E-state index contributed by atoms with van der Waals surface area (Å²) in [5, 5.41) is 2.61. The molecule has 0 spiro atoms. The lowest BCUT2D eigenvalue weighted by Gasteiger charge is -2.27. The van der Waals surface area contributed by atoms with Gasteiger partial charge in [0.05, 0.1) is 11.4 Å². The van der Waals surface area contributed by atoms with Crippen molar-refractivity contribution in [2.24, 2.45) is 0 Å². The van der Waals surface area contributed by atoms with Crippen molar-refractivity contribution in [1.29, 1.82) is 0 Å². The molecule has 0 atom stereocenters. The first-order chi connectivity index (χ1) is 23.3. The maximum absolute atomic E-state index is 4.71. The molecule has 47 heavy (non-hydrogen) atoms. The molecule has 0 N–H and O–H groups in total. The molecule has 0 bridgehead atoms. The van der Waals surface area contributed by atoms with Gasteiger partial charge in [-0.05, 0) is 111 Å². The Labute approximate surface area is 274 Å². The molecule has 3 heteroatoms. The summed E-state index contributed by atoms with van der Waals surface area (Å²) < 4.78 is 0. The number of pyridine rings is 2. The summed E-state index contributed by atoms with van der Waals surface area (Å²) >= 11 is 0. The van der Waals surface area contributed by atoms with Crippen molar-refractivity contribution >= 4 is 27.8 Å². The van der Waals surface area contributed by atoms with E-state index in [2.05, 4.69) is 144 Å². The number of hydrogen-bond donors (Lipinski definition) is 0. The Balaban J connectivity index is 1.23. The maximum Gasteiger partial charge on any atom is 0.0702 e. The molecule has 3 nitrogen and oxygen atoms in total. The lowest BCUT2D eigenvalue weighted by molar-refractivity contribution is 1.26. The normalized spacial score (nSPS) is 11.4. The van der Waals surface area contributed by atoms with Gasteiger partial charge in [0.15, 0.2) is 0 Å². The zero-order chi connectivity index (χ0) is 31.2. The highest BCUT2D eigenvalue weighted by Gasteiger charge is 2.23. The van der Waals surface area contributed by atoms with Gasteiger partial charge in [0.25, 0.3) is 0 Å². The van der Waals surface area contributed by atoms with Gasteiger partial charge in [0, 0.05) is 40.6 Å². The summed E-state index contributed by atoms with van der Waals surface area (Å²) in [6.07, 6.45) is 3.69. The molecular weight excluding hydrogens is 571 g/mol. The van der Waals surface area contributed by atoms with E-state index in [4.69, 9.17) is 9.97 Å². The van der Waals surface area contributed by atoms with E-state index >= 15 is 0 Å². The minimum Gasteiger partial charge on any atom is -0.310 e. The van der Waals surface area contributed by atoms with E-state index in [1.165, 1.54) is 44.2 Å². The highest BCUT2D eigenvalue weighted by atomic mass is 15.1. The van der Waals surface area contributed by atoms with Crippen molar-refractivity contribution in [3.05, 3.63) is 176 Å². The van der Waals surface area contributed by atoms with Gasteiger partial charge in [-0.2, -0.15) is 0 Å². The number of benzene rings is 6. The lowest BCUT2D eigenvalue weighted by Crippen LogP contribution is -2.10. The van der Waals surface area contributed by atoms with Crippen molar-refractivity contribution in [3.8, 4) is 55.9 Å². The summed E-state index contributed by atoms with van der Waals surface area (Å²) in [5.41, 5.74) is 14.7. The van der Waals surface area contributed by atoms with Crippen LogP contribution in [0.1, 0.15) is 0 Å². The molecule has 6 aromatic carbocycles. The number of anilines is 3. The van der Waals surface area contributed by atoms with Crippen molar-refractivity contribution < 1.29 is 0 Å². The van der Waals surface area contributed by atoms with Gasteiger partial charge in [-0.3, -0.25) is 9.97 Å². The first kappa shape index (κ1) is 27.0. The number of fused-ring (bicyclic) bond motifs is 3. The Hall–Kier alpha value is -6.32. The lowest BCUT2D eigenvalue weighted by atomic mass is 9.94. The molecule has 2 heterocycles. The Morgan fingerprint density at radius 2 is 0.894 bits per heavy atom. The molecule has 0 fully saturated rings. The minimum atomic E-state index is 0.919. The van der Waals surface area contributed by atoms with Crippen LogP contribution in [0.5, 0.6) is 0 Å². The van der Waals surface area contributed by atoms with Crippen LogP contribution < -0.4 is 4.90 Å². The molecule has 1 aliphatic carbocycles. The first-order valence-electron chi connectivity index (χ1n) is 15.9. The molecule has 0 unspecified atom stereocenters. The summed E-state index contributed by atoms with van der Waals surface area (Å²) in [5.74, 6) is 0. The average molecular weight is 600 g/mol. The van der Waals surface area contributed by atoms with Crippen molar-refractivity contribution in [2.45, 2.75) is 0 Å². The predicted molar refractivity (Wildman–Crippen MR) is 195 cm³/mol. The van der Waals surface area contributed by atoms with Gasteiger partial charge in [0.2, 0.25) is 0 Å². The van der Waals surface area contributed by atoms with E-state index in [1.54, 1.807) is 0 Å². The molecule has 0 saturated heterocycles. The second-order valence-electron chi connectivity index (χ2n) is 11.9. The highest BCUT2D eigenvalue weighted by molar-refractivity contribution is 6.18. The SMILES string of the molecule is c1ccc(N(c2cc(-c3ccccn3)cc(-c3ccccn3)c2)c2cccc(-c3ccc4c5c(cccc35)-c3ccccc3-4)c2)cc1. The fourth-order valence-electron chi connectivity index (χ4n) is 7.00. The number of hydrogen-bond acceptors (Lipinski definition) is 3. The summed E-state index contributed by atoms with van der Waals surface area (Å²) in [6, 6.07) is 58.2. The zero-order valence-electron chi connectivity index (χ0n) is 25.6. The number of aromatic nitrogens is 2. The molecule has 9 rings (SSSR count). The third kappa shape index (κ3) is 4.68. The zero-order valence-corrected chi connectivity index (χ0v) is 25.6. The van der Waals surface area contributed by atoms with Crippen LogP contribution in [0.3, 0.4) is 0 Å². The van der Waals surface area contributed by atoms with Gasteiger partial charge in [-0.15, -0.1) is 0 Å². The standard InChI is InChI=1S/C44H29N3/c1-2-13-33(14-3-1)47(35-28-31(42-20-6-8-24-45-42)26-32(29-35)43-21-7-9-25-46-43)34-15-10-12-30(27-34)36-22-23-41-38-17-5-4-16-37(38)40-19-11-18-39(36)44(40)41/h1-29H. The Morgan fingerprint density at radius 3 is 1.57 bits per heavy atom. The third-order valence-electron chi connectivity index (χ3n) is 9.08. The van der Waals surface area contributed by atoms with Gasteiger partial charge >= 0.3 is 0 Å². The van der Waals surface area contributed by atoms with E-state index < -0.39 is 0 Å². The second kappa shape index (κ2) is 11.2. The van der Waals surface area contributed by atoms with Crippen LogP contribution >= 0.6 is 0 Å².